The van der Waals surface area contributed by atoms with E-state index in [0.29, 0.717) is 38.6 Å². The van der Waals surface area contributed by atoms with Gasteiger partial charge in [-0.15, -0.1) is 5.10 Å². The molecule has 0 radical (unpaired) electrons. The molecular formula is C27H35N5O3. The maximum absolute atomic E-state index is 13.4. The van der Waals surface area contributed by atoms with E-state index in [9.17, 15) is 14.4 Å². The van der Waals surface area contributed by atoms with Crippen molar-refractivity contribution in [3.63, 3.8) is 0 Å². The molecule has 5 rings (SSSR count). The van der Waals surface area contributed by atoms with Crippen molar-refractivity contribution in [3.05, 3.63) is 52.8 Å². The first-order valence-electron chi connectivity index (χ1n) is 13.1. The minimum Gasteiger partial charge on any atom is -0.353 e. The van der Waals surface area contributed by atoms with E-state index in [1.807, 2.05) is 40.1 Å². The lowest BCUT2D eigenvalue weighted by atomic mass is 10.1. The molecule has 0 unspecified atom stereocenters. The number of carbonyl (C=O) groups excluding carboxylic acids is 2. The number of para-hydroxylation sites is 1. The van der Waals surface area contributed by atoms with Crippen molar-refractivity contribution in [2.45, 2.75) is 57.4 Å². The summed E-state index contributed by atoms with van der Waals surface area (Å²) in [5.41, 5.74) is 0.561. The SMILES string of the molecule is O=C([C@@H]1CC(=O)N(C2CCCCCC2)C1)N1CCCN(c2ccc(=O)n(-c3ccccc3)n2)CC1. The van der Waals surface area contributed by atoms with Gasteiger partial charge in [-0.2, -0.15) is 4.68 Å². The van der Waals surface area contributed by atoms with Crippen molar-refractivity contribution < 1.29 is 9.59 Å². The van der Waals surface area contributed by atoms with Crippen LogP contribution in [-0.2, 0) is 9.59 Å². The van der Waals surface area contributed by atoms with E-state index in [2.05, 4.69) is 10.00 Å². The highest BCUT2D eigenvalue weighted by molar-refractivity contribution is 5.89. The summed E-state index contributed by atoms with van der Waals surface area (Å²) < 4.78 is 1.43. The summed E-state index contributed by atoms with van der Waals surface area (Å²) >= 11 is 0. The van der Waals surface area contributed by atoms with E-state index < -0.39 is 0 Å². The van der Waals surface area contributed by atoms with Crippen molar-refractivity contribution in [2.24, 2.45) is 5.92 Å². The summed E-state index contributed by atoms with van der Waals surface area (Å²) in [6.45, 7) is 3.27. The van der Waals surface area contributed by atoms with Crippen LogP contribution in [0.5, 0.6) is 0 Å². The maximum Gasteiger partial charge on any atom is 0.271 e. The molecule has 0 bridgehead atoms. The van der Waals surface area contributed by atoms with Crippen LogP contribution < -0.4 is 10.5 Å². The van der Waals surface area contributed by atoms with Gasteiger partial charge in [-0.05, 0) is 37.5 Å². The monoisotopic (exact) mass is 477 g/mol. The van der Waals surface area contributed by atoms with Crippen molar-refractivity contribution >= 4 is 17.6 Å². The summed E-state index contributed by atoms with van der Waals surface area (Å²) in [4.78, 5) is 44.6. The Morgan fingerprint density at radius 1 is 0.829 bits per heavy atom. The zero-order valence-electron chi connectivity index (χ0n) is 20.3. The predicted molar refractivity (Wildman–Crippen MR) is 135 cm³/mol. The molecule has 2 aliphatic heterocycles. The molecule has 1 aromatic carbocycles. The molecule has 1 atom stereocenters. The standard InChI is InChI=1S/C27H35N5O3/c33-25-14-13-24(28-32(25)23-11-6-3-7-12-23)29-15-8-16-30(18-17-29)27(35)21-19-26(34)31(20-21)22-9-4-1-2-5-10-22/h3,6-7,11-14,21-22H,1-2,4-5,8-10,15-20H2/t21-/m1/s1. The fourth-order valence-electron chi connectivity index (χ4n) is 5.77. The second-order valence-corrected chi connectivity index (χ2v) is 10.0. The van der Waals surface area contributed by atoms with Gasteiger partial charge in [0.25, 0.3) is 5.56 Å². The Morgan fingerprint density at radius 3 is 2.37 bits per heavy atom. The molecule has 8 heteroatoms. The summed E-state index contributed by atoms with van der Waals surface area (Å²) in [6, 6.07) is 13.0. The lowest BCUT2D eigenvalue weighted by Gasteiger charge is -2.28. The summed E-state index contributed by atoms with van der Waals surface area (Å²) in [5, 5.41) is 4.61. The molecule has 0 spiro atoms. The lowest BCUT2D eigenvalue weighted by Crippen LogP contribution is -2.41. The van der Waals surface area contributed by atoms with Crippen LogP contribution in [0.3, 0.4) is 0 Å². The van der Waals surface area contributed by atoms with Gasteiger partial charge in [0, 0.05) is 51.3 Å². The first-order valence-corrected chi connectivity index (χ1v) is 13.1. The lowest BCUT2D eigenvalue weighted by molar-refractivity contribution is -0.135. The molecule has 2 aromatic rings. The largest absolute Gasteiger partial charge is 0.353 e. The van der Waals surface area contributed by atoms with Crippen LogP contribution in [0.4, 0.5) is 5.82 Å². The highest BCUT2D eigenvalue weighted by Gasteiger charge is 2.39. The van der Waals surface area contributed by atoms with Gasteiger partial charge in [-0.1, -0.05) is 43.9 Å². The fraction of sp³-hybridized carbons (Fsp3) is 0.556. The van der Waals surface area contributed by atoms with E-state index in [1.54, 1.807) is 12.1 Å². The average molecular weight is 478 g/mol. The minimum absolute atomic E-state index is 0.110. The van der Waals surface area contributed by atoms with Gasteiger partial charge in [0.15, 0.2) is 0 Å². The smallest absolute Gasteiger partial charge is 0.271 e. The zero-order valence-corrected chi connectivity index (χ0v) is 20.3. The first kappa shape index (κ1) is 23.6. The highest BCUT2D eigenvalue weighted by atomic mass is 16.2. The molecule has 1 aliphatic carbocycles. The van der Waals surface area contributed by atoms with E-state index in [-0.39, 0.29) is 23.3 Å². The van der Waals surface area contributed by atoms with Crippen LogP contribution in [-0.4, -0.2) is 70.2 Å². The van der Waals surface area contributed by atoms with E-state index >= 15 is 0 Å². The van der Waals surface area contributed by atoms with E-state index in [1.165, 1.54) is 30.4 Å². The second kappa shape index (κ2) is 10.6. The number of rotatable bonds is 4. The molecule has 8 nitrogen and oxygen atoms in total. The van der Waals surface area contributed by atoms with Gasteiger partial charge in [0.05, 0.1) is 11.6 Å². The third kappa shape index (κ3) is 5.26. The zero-order chi connectivity index (χ0) is 24.2. The molecule has 1 aromatic heterocycles. The fourth-order valence-corrected chi connectivity index (χ4v) is 5.77. The number of carbonyl (C=O) groups is 2. The molecular weight excluding hydrogens is 442 g/mol. The Labute approximate surface area is 206 Å². The van der Waals surface area contributed by atoms with Gasteiger partial charge in [0.2, 0.25) is 11.8 Å². The number of anilines is 1. The van der Waals surface area contributed by atoms with Gasteiger partial charge >= 0.3 is 0 Å². The van der Waals surface area contributed by atoms with Gasteiger partial charge in [-0.25, -0.2) is 0 Å². The van der Waals surface area contributed by atoms with Gasteiger partial charge < -0.3 is 14.7 Å². The molecule has 3 heterocycles. The van der Waals surface area contributed by atoms with Gasteiger partial charge in [0.1, 0.15) is 5.82 Å². The van der Waals surface area contributed by atoms with Crippen molar-refractivity contribution in [3.8, 4) is 5.69 Å². The summed E-state index contributed by atoms with van der Waals surface area (Å²) in [6.07, 6.45) is 8.18. The number of amides is 2. The first-order chi connectivity index (χ1) is 17.1. The molecule has 3 aliphatic rings. The average Bonchev–Trinajstić information content (AvgIpc) is 3.08. The van der Waals surface area contributed by atoms with Crippen LogP contribution in [0.25, 0.3) is 5.69 Å². The molecule has 186 valence electrons. The molecule has 35 heavy (non-hydrogen) atoms. The minimum atomic E-state index is -0.226. The van der Waals surface area contributed by atoms with Crippen LogP contribution in [0.15, 0.2) is 47.3 Å². The Morgan fingerprint density at radius 2 is 1.60 bits per heavy atom. The highest BCUT2D eigenvalue weighted by Crippen LogP contribution is 2.29. The van der Waals surface area contributed by atoms with Crippen LogP contribution in [0, 0.1) is 5.92 Å². The summed E-state index contributed by atoms with van der Waals surface area (Å²) in [7, 11) is 0. The van der Waals surface area contributed by atoms with Crippen molar-refractivity contribution in [2.75, 3.05) is 37.6 Å². The third-order valence-electron chi connectivity index (χ3n) is 7.69. The normalized spacial score (nSPS) is 22.2. The maximum atomic E-state index is 13.4. The van der Waals surface area contributed by atoms with Crippen LogP contribution in [0.2, 0.25) is 0 Å². The second-order valence-electron chi connectivity index (χ2n) is 10.0. The van der Waals surface area contributed by atoms with Crippen molar-refractivity contribution in [1.29, 1.82) is 0 Å². The number of benzene rings is 1. The molecule has 3 fully saturated rings. The number of hydrogen-bond donors (Lipinski definition) is 0. The topological polar surface area (TPSA) is 78.8 Å². The molecule has 2 amide bonds. The number of nitrogens with zero attached hydrogens (tertiary/aromatic N) is 5. The third-order valence-corrected chi connectivity index (χ3v) is 7.69. The Balaban J connectivity index is 1.23. The number of likely N-dealkylation sites (tertiary alicyclic amines) is 1. The molecule has 0 N–H and O–H groups in total. The van der Waals surface area contributed by atoms with Crippen molar-refractivity contribution in [1.82, 2.24) is 19.6 Å². The predicted octanol–water partition coefficient (Wildman–Crippen LogP) is 2.84. The number of hydrogen-bond acceptors (Lipinski definition) is 5. The Bertz CT molecular complexity index is 1090. The van der Waals surface area contributed by atoms with E-state index in [4.69, 9.17) is 0 Å². The van der Waals surface area contributed by atoms with E-state index in [0.717, 1.165) is 37.3 Å². The summed E-state index contributed by atoms with van der Waals surface area (Å²) in [5.74, 6) is 0.770. The van der Waals surface area contributed by atoms with Crippen LogP contribution >= 0.6 is 0 Å². The van der Waals surface area contributed by atoms with Gasteiger partial charge in [-0.3, -0.25) is 14.4 Å². The molecule has 2 saturated heterocycles. The molecule has 1 saturated carbocycles. The Hall–Kier alpha value is -3.16. The van der Waals surface area contributed by atoms with Crippen LogP contribution in [0.1, 0.15) is 51.4 Å². The Kier molecular flexibility index (Phi) is 7.16. The quantitative estimate of drug-likeness (QED) is 0.633. The number of aromatic nitrogens is 2.